The molecule has 2 rings (SSSR count). The summed E-state index contributed by atoms with van der Waals surface area (Å²) in [6.07, 6.45) is 4.78. The fourth-order valence-corrected chi connectivity index (χ4v) is 3.23. The maximum atomic E-state index is 5.80. The number of para-hydroxylation sites is 1. The molecule has 1 N–H and O–H groups in total. The predicted octanol–water partition coefficient (Wildman–Crippen LogP) is 5.50. The normalized spacial score (nSPS) is 12.1. The maximum absolute atomic E-state index is 5.80. The standard InChI is InChI=1S/C21H29N3S/c1-15(2)11-14-24(18(5)19-9-12-22-13-10-19)21(25)23-20-16(3)7-6-8-17(20)4/h6-10,12-13,15,18H,11,14H2,1-5H3,(H,23,25). The number of pyridine rings is 1. The van der Waals surface area contributed by atoms with E-state index >= 15 is 0 Å². The number of thiocarbonyl (C=S) groups is 1. The van der Waals surface area contributed by atoms with E-state index in [-0.39, 0.29) is 6.04 Å². The third-order valence-corrected chi connectivity index (χ3v) is 4.91. The zero-order valence-electron chi connectivity index (χ0n) is 15.9. The first-order chi connectivity index (χ1) is 11.9. The average molecular weight is 356 g/mol. The van der Waals surface area contributed by atoms with Crippen LogP contribution in [0.5, 0.6) is 0 Å². The summed E-state index contributed by atoms with van der Waals surface area (Å²) in [5.41, 5.74) is 4.76. The van der Waals surface area contributed by atoms with E-state index in [4.69, 9.17) is 12.2 Å². The Hall–Kier alpha value is -1.94. The van der Waals surface area contributed by atoms with E-state index < -0.39 is 0 Å². The zero-order valence-corrected chi connectivity index (χ0v) is 16.7. The minimum Gasteiger partial charge on any atom is -0.342 e. The monoisotopic (exact) mass is 355 g/mol. The van der Waals surface area contributed by atoms with Crippen LogP contribution in [0.25, 0.3) is 0 Å². The van der Waals surface area contributed by atoms with Gasteiger partial charge in [-0.3, -0.25) is 4.98 Å². The van der Waals surface area contributed by atoms with Gasteiger partial charge in [0.05, 0.1) is 6.04 Å². The second-order valence-corrected chi connectivity index (χ2v) is 7.42. The van der Waals surface area contributed by atoms with Crippen molar-refractivity contribution in [2.75, 3.05) is 11.9 Å². The van der Waals surface area contributed by atoms with Crippen LogP contribution in [0.3, 0.4) is 0 Å². The lowest BCUT2D eigenvalue weighted by atomic mass is 10.1. The lowest BCUT2D eigenvalue weighted by molar-refractivity contribution is 0.318. The molecule has 1 aromatic heterocycles. The summed E-state index contributed by atoms with van der Waals surface area (Å²) in [5.74, 6) is 0.634. The van der Waals surface area contributed by atoms with Crippen LogP contribution in [0.15, 0.2) is 42.7 Å². The Kier molecular flexibility index (Phi) is 6.94. The number of aromatic nitrogens is 1. The molecule has 0 amide bonds. The Labute approximate surface area is 157 Å². The van der Waals surface area contributed by atoms with Gasteiger partial charge in [-0.2, -0.15) is 0 Å². The van der Waals surface area contributed by atoms with Crippen molar-refractivity contribution in [1.82, 2.24) is 9.88 Å². The van der Waals surface area contributed by atoms with Crippen molar-refractivity contribution in [3.05, 3.63) is 59.4 Å². The first kappa shape index (κ1) is 19.4. The molecule has 1 unspecified atom stereocenters. The SMILES string of the molecule is Cc1cccc(C)c1NC(=S)N(CCC(C)C)C(C)c1ccncc1. The van der Waals surface area contributed by atoms with E-state index in [1.807, 2.05) is 12.4 Å². The fraction of sp³-hybridized carbons (Fsp3) is 0.429. The molecule has 3 nitrogen and oxygen atoms in total. The number of nitrogens with zero attached hydrogens (tertiary/aromatic N) is 2. The third-order valence-electron chi connectivity index (χ3n) is 4.58. The Bertz CT molecular complexity index is 677. The molecule has 1 atom stereocenters. The Morgan fingerprint density at radius 3 is 2.24 bits per heavy atom. The minimum atomic E-state index is 0.200. The average Bonchev–Trinajstić information content (AvgIpc) is 2.59. The molecule has 0 spiro atoms. The van der Waals surface area contributed by atoms with Crippen molar-refractivity contribution in [1.29, 1.82) is 0 Å². The summed E-state index contributed by atoms with van der Waals surface area (Å²) in [6, 6.07) is 10.6. The van der Waals surface area contributed by atoms with Gasteiger partial charge in [0.1, 0.15) is 0 Å². The topological polar surface area (TPSA) is 28.2 Å². The fourth-order valence-electron chi connectivity index (χ4n) is 2.88. The Morgan fingerprint density at radius 2 is 1.68 bits per heavy atom. The van der Waals surface area contributed by atoms with E-state index in [1.165, 1.54) is 16.7 Å². The molecule has 0 bridgehead atoms. The summed E-state index contributed by atoms with van der Waals surface area (Å²) >= 11 is 5.80. The molecule has 25 heavy (non-hydrogen) atoms. The van der Waals surface area contributed by atoms with Gasteiger partial charge in [0.25, 0.3) is 0 Å². The summed E-state index contributed by atoms with van der Waals surface area (Å²) < 4.78 is 0. The molecule has 1 aromatic carbocycles. The molecule has 2 aromatic rings. The van der Waals surface area contributed by atoms with Gasteiger partial charge < -0.3 is 10.2 Å². The van der Waals surface area contributed by atoms with Gasteiger partial charge in [0, 0.05) is 24.6 Å². The van der Waals surface area contributed by atoms with Crippen LogP contribution in [0.1, 0.15) is 49.9 Å². The Morgan fingerprint density at radius 1 is 1.08 bits per heavy atom. The predicted molar refractivity (Wildman–Crippen MR) is 111 cm³/mol. The molecule has 134 valence electrons. The summed E-state index contributed by atoms with van der Waals surface area (Å²) in [4.78, 5) is 6.42. The molecule has 1 heterocycles. The number of nitrogens with one attached hydrogen (secondary N) is 1. The van der Waals surface area contributed by atoms with Gasteiger partial charge in [-0.15, -0.1) is 0 Å². The summed E-state index contributed by atoms with van der Waals surface area (Å²) in [7, 11) is 0. The van der Waals surface area contributed by atoms with Crippen LogP contribution in [-0.4, -0.2) is 21.5 Å². The highest BCUT2D eigenvalue weighted by Gasteiger charge is 2.20. The van der Waals surface area contributed by atoms with Crippen LogP contribution in [-0.2, 0) is 0 Å². The van der Waals surface area contributed by atoms with Gasteiger partial charge in [-0.05, 0) is 74.2 Å². The number of rotatable bonds is 6. The van der Waals surface area contributed by atoms with Crippen molar-refractivity contribution in [3.63, 3.8) is 0 Å². The van der Waals surface area contributed by atoms with E-state index in [1.54, 1.807) is 0 Å². The third kappa shape index (κ3) is 5.27. The van der Waals surface area contributed by atoms with E-state index in [2.05, 4.69) is 80.2 Å². The summed E-state index contributed by atoms with van der Waals surface area (Å²) in [5, 5.41) is 4.27. The molecule has 0 fully saturated rings. The van der Waals surface area contributed by atoms with Gasteiger partial charge in [0.2, 0.25) is 0 Å². The van der Waals surface area contributed by atoms with E-state index in [9.17, 15) is 0 Å². The molecule has 0 radical (unpaired) electrons. The largest absolute Gasteiger partial charge is 0.342 e. The zero-order chi connectivity index (χ0) is 18.4. The highest BCUT2D eigenvalue weighted by Crippen LogP contribution is 2.25. The second-order valence-electron chi connectivity index (χ2n) is 7.03. The van der Waals surface area contributed by atoms with Gasteiger partial charge in [-0.25, -0.2) is 0 Å². The number of benzene rings is 1. The number of aryl methyl sites for hydroxylation is 2. The van der Waals surface area contributed by atoms with Gasteiger partial charge in [-0.1, -0.05) is 32.0 Å². The van der Waals surface area contributed by atoms with Crippen molar-refractivity contribution in [3.8, 4) is 0 Å². The molecular weight excluding hydrogens is 326 g/mol. The molecule has 0 saturated carbocycles. The Balaban J connectivity index is 2.23. The number of hydrogen-bond acceptors (Lipinski definition) is 2. The molecule has 0 aliphatic rings. The lowest BCUT2D eigenvalue weighted by Crippen LogP contribution is -2.38. The first-order valence-corrected chi connectivity index (χ1v) is 9.34. The smallest absolute Gasteiger partial charge is 0.173 e. The number of hydrogen-bond donors (Lipinski definition) is 1. The van der Waals surface area contributed by atoms with E-state index in [0.717, 1.165) is 23.8 Å². The van der Waals surface area contributed by atoms with Crippen molar-refractivity contribution in [2.45, 2.75) is 47.1 Å². The summed E-state index contributed by atoms with van der Waals surface area (Å²) in [6.45, 7) is 11.9. The maximum Gasteiger partial charge on any atom is 0.173 e. The van der Waals surface area contributed by atoms with Crippen LogP contribution in [0.2, 0.25) is 0 Å². The minimum absolute atomic E-state index is 0.200. The highest BCUT2D eigenvalue weighted by atomic mass is 32.1. The highest BCUT2D eigenvalue weighted by molar-refractivity contribution is 7.80. The first-order valence-electron chi connectivity index (χ1n) is 8.94. The second kappa shape index (κ2) is 8.95. The van der Waals surface area contributed by atoms with Crippen molar-refractivity contribution < 1.29 is 0 Å². The van der Waals surface area contributed by atoms with Crippen LogP contribution in [0, 0.1) is 19.8 Å². The molecule has 4 heteroatoms. The quantitative estimate of drug-likeness (QED) is 0.692. The van der Waals surface area contributed by atoms with Crippen LogP contribution in [0.4, 0.5) is 5.69 Å². The van der Waals surface area contributed by atoms with Crippen LogP contribution < -0.4 is 5.32 Å². The van der Waals surface area contributed by atoms with E-state index in [0.29, 0.717) is 5.92 Å². The van der Waals surface area contributed by atoms with Gasteiger partial charge >= 0.3 is 0 Å². The molecule has 0 aliphatic heterocycles. The molecule has 0 saturated heterocycles. The van der Waals surface area contributed by atoms with Crippen molar-refractivity contribution >= 4 is 23.0 Å². The number of anilines is 1. The van der Waals surface area contributed by atoms with Crippen LogP contribution >= 0.6 is 12.2 Å². The molecular formula is C21H29N3S. The van der Waals surface area contributed by atoms with Gasteiger partial charge in [0.15, 0.2) is 5.11 Å². The van der Waals surface area contributed by atoms with Crippen molar-refractivity contribution in [2.24, 2.45) is 5.92 Å². The molecule has 0 aliphatic carbocycles. The lowest BCUT2D eigenvalue weighted by Gasteiger charge is -2.33.